The van der Waals surface area contributed by atoms with Crippen molar-refractivity contribution in [3.05, 3.63) is 411 Å². The van der Waals surface area contributed by atoms with Gasteiger partial charge in [0.1, 0.15) is 47.8 Å². The van der Waals surface area contributed by atoms with Crippen molar-refractivity contribution in [2.45, 2.75) is 52.1 Å². The minimum absolute atomic E-state index is 0.341. The van der Waals surface area contributed by atoms with E-state index in [1.807, 2.05) is 206 Å². The zero-order valence-corrected chi connectivity index (χ0v) is 58.2. The molecule has 0 atom stereocenters. The van der Waals surface area contributed by atoms with E-state index in [0.717, 1.165) is 90.7 Å². The standard InChI is InChI=1S/C25H24O2.2C23H24O2.C21H24O2/c1-7-22-9-13-24(14-10-22)20(5)26-18(3)17-19(4)27-21(6)25-15-11-23(8-2)12-16-25;1-5-20-8-12-22(13-9-20)18(3)24-16-7-17-25-19(4)23-14-10-21(6-2)11-15-23;1-5-20-7-11-22(12-8-20)16-24-18(3)15-19(4)25-17-23-13-9-21(6-2)10-14-23;1-3-18-6-10-20(11-7-18)16-22-14-5-15-23-17-21-12-8-19(4-2)9-13-21/h7-16H,1-6,17H2;5-6,8-15H,1-4,7,16-17H2;5-14H,1-4,15-17H2;3-4,6-13H,1-2,5,14-17H2. The highest BCUT2D eigenvalue weighted by Gasteiger charge is 2.10. The molecule has 0 amide bonds. The molecule has 0 radical (unpaired) electrons. The molecular formula is C92H96O8. The Hall–Kier alpha value is -11.7. The van der Waals surface area contributed by atoms with E-state index in [1.165, 1.54) is 11.1 Å². The van der Waals surface area contributed by atoms with Gasteiger partial charge in [0.25, 0.3) is 0 Å². The summed E-state index contributed by atoms with van der Waals surface area (Å²) in [5, 5.41) is 0. The summed E-state index contributed by atoms with van der Waals surface area (Å²) in [7, 11) is 0. The van der Waals surface area contributed by atoms with E-state index >= 15 is 0 Å². The van der Waals surface area contributed by atoms with E-state index < -0.39 is 0 Å². The molecule has 0 saturated carbocycles. The highest BCUT2D eigenvalue weighted by Crippen LogP contribution is 2.26. The van der Waals surface area contributed by atoms with Gasteiger partial charge in [0.15, 0.2) is 0 Å². The van der Waals surface area contributed by atoms with Crippen molar-refractivity contribution < 1.29 is 37.9 Å². The monoisotopic (exact) mass is 1330 g/mol. The second-order valence-electron chi connectivity index (χ2n) is 22.6. The van der Waals surface area contributed by atoms with Gasteiger partial charge in [-0.3, -0.25) is 0 Å². The summed E-state index contributed by atoms with van der Waals surface area (Å²) >= 11 is 0. The second kappa shape index (κ2) is 44.9. The Kier molecular flexibility index (Phi) is 35.5. The van der Waals surface area contributed by atoms with Crippen LogP contribution in [0.15, 0.2) is 322 Å². The summed E-state index contributed by atoms with van der Waals surface area (Å²) in [6.07, 6.45) is 17.0. The lowest BCUT2D eigenvalue weighted by Gasteiger charge is -2.15. The molecule has 8 aromatic carbocycles. The molecule has 8 heteroatoms. The summed E-state index contributed by atoms with van der Waals surface area (Å²) in [4.78, 5) is 0. The van der Waals surface area contributed by atoms with Crippen LogP contribution in [0.4, 0.5) is 0 Å². The van der Waals surface area contributed by atoms with Gasteiger partial charge < -0.3 is 37.9 Å². The van der Waals surface area contributed by atoms with Crippen LogP contribution in [0.1, 0.15) is 115 Å². The first-order valence-electron chi connectivity index (χ1n) is 32.7. The maximum absolute atomic E-state index is 5.70. The molecule has 0 bridgehead atoms. The van der Waals surface area contributed by atoms with E-state index in [1.54, 1.807) is 12.2 Å². The van der Waals surface area contributed by atoms with Crippen LogP contribution >= 0.6 is 0 Å². The van der Waals surface area contributed by atoms with Gasteiger partial charge in [-0.15, -0.1) is 0 Å². The molecule has 0 aliphatic heterocycles. The maximum atomic E-state index is 5.70. The lowest BCUT2D eigenvalue weighted by Crippen LogP contribution is -2.01. The lowest BCUT2D eigenvalue weighted by atomic mass is 10.1. The third-order valence-corrected chi connectivity index (χ3v) is 14.9. The highest BCUT2D eigenvalue weighted by atomic mass is 16.5. The molecule has 0 heterocycles. The van der Waals surface area contributed by atoms with Gasteiger partial charge in [0, 0.05) is 41.9 Å². The topological polar surface area (TPSA) is 73.8 Å². The molecule has 0 saturated heterocycles. The molecule has 100 heavy (non-hydrogen) atoms. The third-order valence-electron chi connectivity index (χ3n) is 14.9. The van der Waals surface area contributed by atoms with Crippen molar-refractivity contribution in [1.29, 1.82) is 0 Å². The van der Waals surface area contributed by atoms with Crippen molar-refractivity contribution >= 4 is 71.6 Å². The summed E-state index contributed by atoms with van der Waals surface area (Å²) in [5.74, 6) is 4.62. The molecule has 0 aliphatic rings. The largest absolute Gasteiger partial charge is 0.493 e. The zero-order chi connectivity index (χ0) is 72.3. The Morgan fingerprint density at radius 1 is 0.230 bits per heavy atom. The number of benzene rings is 8. The van der Waals surface area contributed by atoms with Gasteiger partial charge in [-0.25, -0.2) is 0 Å². The van der Waals surface area contributed by atoms with Crippen LogP contribution in [0.2, 0.25) is 0 Å². The summed E-state index contributed by atoms with van der Waals surface area (Å²) in [6.45, 7) is 66.2. The minimum Gasteiger partial charge on any atom is -0.493 e. The first kappa shape index (κ1) is 79.0. The van der Waals surface area contributed by atoms with Crippen molar-refractivity contribution in [2.75, 3.05) is 26.4 Å². The fourth-order valence-corrected chi connectivity index (χ4v) is 8.93. The van der Waals surface area contributed by atoms with E-state index in [4.69, 9.17) is 37.9 Å². The molecule has 8 aromatic rings. The van der Waals surface area contributed by atoms with Crippen molar-refractivity contribution in [3.8, 4) is 0 Å². The first-order valence-corrected chi connectivity index (χ1v) is 32.7. The fourth-order valence-electron chi connectivity index (χ4n) is 8.93. The second-order valence-corrected chi connectivity index (χ2v) is 22.6. The summed E-state index contributed by atoms with van der Waals surface area (Å²) in [5.41, 5.74) is 16.9. The Morgan fingerprint density at radius 2 is 0.440 bits per heavy atom. The van der Waals surface area contributed by atoms with E-state index in [-0.39, 0.29) is 0 Å². The molecule has 0 fully saturated rings. The summed E-state index contributed by atoms with van der Waals surface area (Å²) < 4.78 is 45.4. The van der Waals surface area contributed by atoms with Crippen molar-refractivity contribution in [3.63, 3.8) is 0 Å². The number of hydrogen-bond acceptors (Lipinski definition) is 8. The molecular weight excluding hydrogens is 1230 g/mol. The average Bonchev–Trinajstić information content (AvgIpc) is 1.05. The minimum atomic E-state index is 0.341. The maximum Gasteiger partial charge on any atom is 0.126 e. The number of ether oxygens (including phenoxy) is 8. The molecule has 8 nitrogen and oxygen atoms in total. The van der Waals surface area contributed by atoms with Crippen LogP contribution in [0.3, 0.4) is 0 Å². The fraction of sp³-hybridized carbons (Fsp3) is 0.130. The van der Waals surface area contributed by atoms with Gasteiger partial charge in [-0.2, -0.15) is 0 Å². The average molecular weight is 1330 g/mol. The predicted molar refractivity (Wildman–Crippen MR) is 426 cm³/mol. The van der Waals surface area contributed by atoms with Gasteiger partial charge in [0.05, 0.1) is 50.8 Å². The molecule has 0 N–H and O–H groups in total. The van der Waals surface area contributed by atoms with Crippen molar-refractivity contribution in [1.82, 2.24) is 0 Å². The number of rotatable bonds is 40. The Balaban J connectivity index is 0.000000241. The van der Waals surface area contributed by atoms with Gasteiger partial charge in [-0.1, -0.05) is 348 Å². The number of hydrogen-bond donors (Lipinski definition) is 0. The van der Waals surface area contributed by atoms with Crippen LogP contribution in [0.5, 0.6) is 0 Å². The predicted octanol–water partition coefficient (Wildman–Crippen LogP) is 24.3. The van der Waals surface area contributed by atoms with E-state index in [0.29, 0.717) is 112 Å². The van der Waals surface area contributed by atoms with Crippen LogP contribution in [0.25, 0.3) is 71.6 Å². The Bertz CT molecular complexity index is 3750. The van der Waals surface area contributed by atoms with Gasteiger partial charge >= 0.3 is 0 Å². The summed E-state index contributed by atoms with van der Waals surface area (Å²) in [6, 6.07) is 63.9. The normalized spacial score (nSPS) is 10.0. The Labute approximate surface area is 596 Å². The quantitative estimate of drug-likeness (QED) is 0.0278. The molecule has 0 spiro atoms. The third kappa shape index (κ3) is 30.2. The Morgan fingerprint density at radius 3 is 0.690 bits per heavy atom. The molecule has 0 aromatic heterocycles. The first-order chi connectivity index (χ1) is 48.5. The lowest BCUT2D eigenvalue weighted by molar-refractivity contribution is 0.0695. The zero-order valence-electron chi connectivity index (χ0n) is 58.2. The van der Waals surface area contributed by atoms with Crippen LogP contribution in [0, 0.1) is 0 Å². The SMILES string of the molecule is C=Cc1ccc(C(=C)OC(=C)CC(=C)OC(=C)c2ccc(C=C)cc2)cc1.C=Cc1ccc(C(=C)OCCCOC(=C)c2ccc(C=C)cc2)cc1.C=Cc1ccc(COC(=C)CC(=C)OCc2ccc(C=C)cc2)cc1.C=Cc1ccc(COCCCOCc2ccc(C=C)cc2)cc1. The van der Waals surface area contributed by atoms with E-state index in [2.05, 4.69) is 130 Å². The highest BCUT2D eigenvalue weighted by molar-refractivity contribution is 5.64. The molecule has 512 valence electrons. The van der Waals surface area contributed by atoms with Crippen LogP contribution in [-0.2, 0) is 64.3 Å². The molecule has 8 rings (SSSR count). The van der Waals surface area contributed by atoms with Crippen LogP contribution in [-0.4, -0.2) is 26.4 Å². The van der Waals surface area contributed by atoms with Gasteiger partial charge in [-0.05, 0) is 73.2 Å². The molecule has 0 unspecified atom stereocenters. The van der Waals surface area contributed by atoms with Crippen molar-refractivity contribution in [2.24, 2.45) is 0 Å². The molecule has 0 aliphatic carbocycles. The van der Waals surface area contributed by atoms with E-state index in [9.17, 15) is 0 Å². The van der Waals surface area contributed by atoms with Gasteiger partial charge in [0.2, 0.25) is 0 Å². The van der Waals surface area contributed by atoms with Crippen LogP contribution < -0.4 is 0 Å². The smallest absolute Gasteiger partial charge is 0.126 e.